The standard InChI is InChI=1S/C19H20FNO3/c1-12-4-3-5-14(8-12)10-15(19(23)24)11-21-18(22)17-7-6-16(20)9-13(17)2/h3-9,15H,10-11H2,1-2H3,(H,21,22)(H,23,24). The zero-order chi connectivity index (χ0) is 17.7. The van der Waals surface area contributed by atoms with Crippen LogP contribution >= 0.6 is 0 Å². The van der Waals surface area contributed by atoms with Crippen LogP contribution in [0, 0.1) is 25.6 Å². The summed E-state index contributed by atoms with van der Waals surface area (Å²) in [5.74, 6) is -2.50. The Bertz CT molecular complexity index is 758. The number of amides is 1. The fraction of sp³-hybridized carbons (Fsp3) is 0.263. The molecule has 0 heterocycles. The molecule has 2 aromatic carbocycles. The second-order valence-electron chi connectivity index (χ2n) is 5.90. The fourth-order valence-corrected chi connectivity index (χ4v) is 2.56. The monoisotopic (exact) mass is 329 g/mol. The minimum absolute atomic E-state index is 0.0128. The molecule has 0 radical (unpaired) electrons. The number of halogens is 1. The maximum Gasteiger partial charge on any atom is 0.308 e. The molecule has 0 aliphatic carbocycles. The van der Waals surface area contributed by atoms with E-state index in [-0.39, 0.29) is 6.54 Å². The molecular formula is C19H20FNO3. The summed E-state index contributed by atoms with van der Waals surface area (Å²) >= 11 is 0. The molecule has 5 heteroatoms. The Labute approximate surface area is 140 Å². The SMILES string of the molecule is Cc1cccc(CC(CNC(=O)c2ccc(F)cc2C)C(=O)O)c1. The van der Waals surface area contributed by atoms with Crippen LogP contribution in [0.1, 0.15) is 27.0 Å². The molecule has 0 fully saturated rings. The van der Waals surface area contributed by atoms with Crippen LogP contribution in [-0.2, 0) is 11.2 Å². The van der Waals surface area contributed by atoms with E-state index in [4.69, 9.17) is 0 Å². The van der Waals surface area contributed by atoms with Crippen molar-refractivity contribution in [2.24, 2.45) is 5.92 Å². The van der Waals surface area contributed by atoms with Crippen LogP contribution < -0.4 is 5.32 Å². The summed E-state index contributed by atoms with van der Waals surface area (Å²) in [5, 5.41) is 12.0. The molecule has 0 saturated carbocycles. The lowest BCUT2D eigenvalue weighted by atomic mass is 9.98. The van der Waals surface area contributed by atoms with E-state index in [1.807, 2.05) is 31.2 Å². The first kappa shape index (κ1) is 17.7. The maximum absolute atomic E-state index is 13.1. The zero-order valence-electron chi connectivity index (χ0n) is 13.7. The highest BCUT2D eigenvalue weighted by atomic mass is 19.1. The van der Waals surface area contributed by atoms with Gasteiger partial charge < -0.3 is 10.4 Å². The van der Waals surface area contributed by atoms with E-state index in [1.54, 1.807) is 6.92 Å². The second kappa shape index (κ2) is 7.73. The lowest BCUT2D eigenvalue weighted by molar-refractivity contribution is -0.141. The average Bonchev–Trinajstić information content (AvgIpc) is 2.51. The number of hydrogen-bond acceptors (Lipinski definition) is 2. The van der Waals surface area contributed by atoms with Gasteiger partial charge in [-0.1, -0.05) is 29.8 Å². The molecule has 0 saturated heterocycles. The average molecular weight is 329 g/mol. The van der Waals surface area contributed by atoms with Crippen molar-refractivity contribution >= 4 is 11.9 Å². The fourth-order valence-electron chi connectivity index (χ4n) is 2.56. The Morgan fingerprint density at radius 1 is 1.17 bits per heavy atom. The molecule has 1 atom stereocenters. The van der Waals surface area contributed by atoms with Gasteiger partial charge in [0.2, 0.25) is 0 Å². The van der Waals surface area contributed by atoms with Gasteiger partial charge in [0.05, 0.1) is 5.92 Å². The number of hydrogen-bond donors (Lipinski definition) is 2. The number of carboxylic acid groups (broad SMARTS) is 1. The van der Waals surface area contributed by atoms with Gasteiger partial charge in [-0.2, -0.15) is 0 Å². The van der Waals surface area contributed by atoms with Crippen LogP contribution in [0.5, 0.6) is 0 Å². The molecule has 0 aromatic heterocycles. The van der Waals surface area contributed by atoms with Gasteiger partial charge in [0.1, 0.15) is 5.82 Å². The van der Waals surface area contributed by atoms with E-state index in [1.165, 1.54) is 18.2 Å². The number of carbonyl (C=O) groups is 2. The summed E-state index contributed by atoms with van der Waals surface area (Å²) in [6.07, 6.45) is 0.333. The van der Waals surface area contributed by atoms with Crippen LogP contribution in [0.4, 0.5) is 4.39 Å². The van der Waals surface area contributed by atoms with Crippen LogP contribution in [0.15, 0.2) is 42.5 Å². The third-order valence-electron chi connectivity index (χ3n) is 3.86. The molecule has 4 nitrogen and oxygen atoms in total. The lowest BCUT2D eigenvalue weighted by Gasteiger charge is -2.14. The van der Waals surface area contributed by atoms with Crippen LogP contribution in [0.25, 0.3) is 0 Å². The molecule has 1 unspecified atom stereocenters. The molecule has 0 aliphatic heterocycles. The van der Waals surface area contributed by atoms with Gasteiger partial charge >= 0.3 is 5.97 Å². The molecule has 24 heavy (non-hydrogen) atoms. The Morgan fingerprint density at radius 3 is 2.54 bits per heavy atom. The topological polar surface area (TPSA) is 66.4 Å². The van der Waals surface area contributed by atoms with Crippen molar-refractivity contribution in [1.29, 1.82) is 0 Å². The van der Waals surface area contributed by atoms with Crippen LogP contribution in [0.3, 0.4) is 0 Å². The largest absolute Gasteiger partial charge is 0.481 e. The summed E-state index contributed by atoms with van der Waals surface area (Å²) in [6, 6.07) is 11.5. The second-order valence-corrected chi connectivity index (χ2v) is 5.90. The molecule has 0 aliphatic rings. The number of aryl methyl sites for hydroxylation is 2. The van der Waals surface area contributed by atoms with E-state index in [0.29, 0.717) is 17.5 Å². The van der Waals surface area contributed by atoms with Crippen LogP contribution in [0.2, 0.25) is 0 Å². The van der Waals surface area contributed by atoms with Crippen molar-refractivity contribution in [1.82, 2.24) is 5.32 Å². The Hall–Kier alpha value is -2.69. The van der Waals surface area contributed by atoms with Crippen molar-refractivity contribution in [2.45, 2.75) is 20.3 Å². The minimum atomic E-state index is -0.965. The van der Waals surface area contributed by atoms with E-state index in [0.717, 1.165) is 11.1 Å². The Kier molecular flexibility index (Phi) is 5.68. The first-order valence-electron chi connectivity index (χ1n) is 7.69. The zero-order valence-corrected chi connectivity index (χ0v) is 13.7. The number of carboxylic acids is 1. The van der Waals surface area contributed by atoms with E-state index < -0.39 is 23.6 Å². The van der Waals surface area contributed by atoms with E-state index in [9.17, 15) is 19.1 Å². The minimum Gasteiger partial charge on any atom is -0.481 e. The molecule has 2 aromatic rings. The Morgan fingerprint density at radius 2 is 1.92 bits per heavy atom. The molecule has 0 bridgehead atoms. The predicted octanol–water partition coefficient (Wildman–Crippen LogP) is 3.12. The molecular weight excluding hydrogens is 309 g/mol. The summed E-state index contributed by atoms with van der Waals surface area (Å²) in [7, 11) is 0. The van der Waals surface area contributed by atoms with Crippen LogP contribution in [-0.4, -0.2) is 23.5 Å². The van der Waals surface area contributed by atoms with E-state index >= 15 is 0 Å². The van der Waals surface area contributed by atoms with Crippen molar-refractivity contribution in [3.05, 3.63) is 70.5 Å². The van der Waals surface area contributed by atoms with Crippen molar-refractivity contribution in [3.8, 4) is 0 Å². The number of benzene rings is 2. The third-order valence-corrected chi connectivity index (χ3v) is 3.86. The van der Waals surface area contributed by atoms with Gasteiger partial charge in [0, 0.05) is 12.1 Å². The lowest BCUT2D eigenvalue weighted by Crippen LogP contribution is -2.34. The highest BCUT2D eigenvalue weighted by Crippen LogP contribution is 2.13. The van der Waals surface area contributed by atoms with Crippen molar-refractivity contribution in [3.63, 3.8) is 0 Å². The van der Waals surface area contributed by atoms with E-state index in [2.05, 4.69) is 5.32 Å². The quantitative estimate of drug-likeness (QED) is 0.856. The normalized spacial score (nSPS) is 11.8. The number of carbonyl (C=O) groups excluding carboxylic acids is 1. The molecule has 1 amide bonds. The van der Waals surface area contributed by atoms with Gasteiger partial charge in [0.15, 0.2) is 0 Å². The highest BCUT2D eigenvalue weighted by Gasteiger charge is 2.20. The molecule has 126 valence electrons. The van der Waals surface area contributed by atoms with Gasteiger partial charge in [0.25, 0.3) is 5.91 Å². The van der Waals surface area contributed by atoms with Crippen molar-refractivity contribution in [2.75, 3.05) is 6.54 Å². The van der Waals surface area contributed by atoms with Gasteiger partial charge in [-0.15, -0.1) is 0 Å². The van der Waals surface area contributed by atoms with Gasteiger partial charge in [-0.25, -0.2) is 4.39 Å². The summed E-state index contributed by atoms with van der Waals surface area (Å²) in [5.41, 5.74) is 2.83. The molecule has 0 spiro atoms. The molecule has 2 rings (SSSR count). The number of nitrogens with one attached hydrogen (secondary N) is 1. The predicted molar refractivity (Wildman–Crippen MR) is 89.5 cm³/mol. The van der Waals surface area contributed by atoms with Gasteiger partial charge in [-0.05, 0) is 49.6 Å². The number of aliphatic carboxylic acids is 1. The first-order chi connectivity index (χ1) is 11.4. The highest BCUT2D eigenvalue weighted by molar-refractivity contribution is 5.95. The Balaban J connectivity index is 2.03. The summed E-state index contributed by atoms with van der Waals surface area (Å²) < 4.78 is 13.1. The first-order valence-corrected chi connectivity index (χ1v) is 7.69. The summed E-state index contributed by atoms with van der Waals surface area (Å²) in [4.78, 5) is 23.6. The van der Waals surface area contributed by atoms with Gasteiger partial charge in [-0.3, -0.25) is 9.59 Å². The molecule has 2 N–H and O–H groups in total. The summed E-state index contributed by atoms with van der Waals surface area (Å²) in [6.45, 7) is 3.59. The third kappa shape index (κ3) is 4.65. The van der Waals surface area contributed by atoms with Crippen molar-refractivity contribution < 1.29 is 19.1 Å². The maximum atomic E-state index is 13.1. The number of rotatable bonds is 6. The smallest absolute Gasteiger partial charge is 0.308 e.